The maximum Gasteiger partial charge on any atom is 0.205 e. The summed E-state index contributed by atoms with van der Waals surface area (Å²) < 4.78 is 12.3. The van der Waals surface area contributed by atoms with E-state index in [0.717, 1.165) is 9.78 Å². The van der Waals surface area contributed by atoms with Crippen molar-refractivity contribution in [2.45, 2.75) is 20.8 Å². The standard InChI is InChI=1S/C11H16BrO2P/c1-4-13-15(14-5-2)11-7-9(3)6-10(12)8-11/h6-8H,4-5H2,1-3H3. The molecule has 15 heavy (non-hydrogen) atoms. The fraction of sp³-hybridized carbons (Fsp3) is 0.455. The third-order valence-corrected chi connectivity index (χ3v) is 3.85. The van der Waals surface area contributed by atoms with E-state index in [1.807, 2.05) is 13.8 Å². The first kappa shape index (κ1) is 13.1. The number of rotatable bonds is 5. The van der Waals surface area contributed by atoms with Crippen LogP contribution in [-0.4, -0.2) is 13.2 Å². The van der Waals surface area contributed by atoms with Gasteiger partial charge >= 0.3 is 0 Å². The van der Waals surface area contributed by atoms with Crippen LogP contribution in [0, 0.1) is 6.92 Å². The molecule has 0 unspecified atom stereocenters. The van der Waals surface area contributed by atoms with Crippen molar-refractivity contribution in [2.24, 2.45) is 0 Å². The van der Waals surface area contributed by atoms with Crippen LogP contribution in [0.5, 0.6) is 0 Å². The number of hydrogen-bond acceptors (Lipinski definition) is 2. The first-order valence-electron chi connectivity index (χ1n) is 5.00. The van der Waals surface area contributed by atoms with Crippen LogP contribution in [0.2, 0.25) is 0 Å². The second-order valence-electron chi connectivity index (χ2n) is 3.08. The predicted molar refractivity (Wildman–Crippen MR) is 68.7 cm³/mol. The third-order valence-electron chi connectivity index (χ3n) is 1.73. The maximum atomic E-state index is 5.60. The quantitative estimate of drug-likeness (QED) is 0.769. The normalized spacial score (nSPS) is 11.0. The van der Waals surface area contributed by atoms with Gasteiger partial charge in [0.1, 0.15) is 0 Å². The Labute approximate surface area is 101 Å². The summed E-state index contributed by atoms with van der Waals surface area (Å²) in [6, 6.07) is 6.25. The summed E-state index contributed by atoms with van der Waals surface area (Å²) in [5, 5.41) is 1.13. The van der Waals surface area contributed by atoms with E-state index < -0.39 is 8.38 Å². The summed E-state index contributed by atoms with van der Waals surface area (Å²) in [5.74, 6) is 0. The monoisotopic (exact) mass is 290 g/mol. The molecule has 0 aliphatic heterocycles. The highest BCUT2D eigenvalue weighted by molar-refractivity contribution is 9.10. The van der Waals surface area contributed by atoms with Gasteiger partial charge in [-0.25, -0.2) is 0 Å². The molecule has 0 aromatic heterocycles. The van der Waals surface area contributed by atoms with Gasteiger partial charge in [-0.15, -0.1) is 0 Å². The number of aryl methyl sites for hydroxylation is 1. The van der Waals surface area contributed by atoms with Gasteiger partial charge in [-0.3, -0.25) is 0 Å². The minimum atomic E-state index is -0.918. The topological polar surface area (TPSA) is 18.5 Å². The molecule has 0 aliphatic rings. The lowest BCUT2D eigenvalue weighted by molar-refractivity contribution is 0.277. The van der Waals surface area contributed by atoms with Crippen molar-refractivity contribution in [3.05, 3.63) is 28.2 Å². The fourth-order valence-corrected chi connectivity index (χ4v) is 3.42. The van der Waals surface area contributed by atoms with Crippen LogP contribution in [0.15, 0.2) is 22.7 Å². The Morgan fingerprint density at radius 2 is 1.73 bits per heavy atom. The lowest BCUT2D eigenvalue weighted by Crippen LogP contribution is -2.06. The first-order valence-corrected chi connectivity index (χ1v) is 6.97. The van der Waals surface area contributed by atoms with Crippen molar-refractivity contribution in [2.75, 3.05) is 13.2 Å². The Morgan fingerprint density at radius 1 is 1.13 bits per heavy atom. The van der Waals surface area contributed by atoms with E-state index in [1.54, 1.807) is 0 Å². The molecule has 1 aromatic carbocycles. The highest BCUT2D eigenvalue weighted by Crippen LogP contribution is 2.37. The summed E-state index contributed by atoms with van der Waals surface area (Å²) in [4.78, 5) is 0. The summed E-state index contributed by atoms with van der Waals surface area (Å²) >= 11 is 3.48. The molecule has 2 nitrogen and oxygen atoms in total. The van der Waals surface area contributed by atoms with Gasteiger partial charge < -0.3 is 9.05 Å². The van der Waals surface area contributed by atoms with E-state index in [4.69, 9.17) is 9.05 Å². The van der Waals surface area contributed by atoms with Gasteiger partial charge in [-0.05, 0) is 44.5 Å². The molecular weight excluding hydrogens is 275 g/mol. The lowest BCUT2D eigenvalue weighted by Gasteiger charge is -2.16. The van der Waals surface area contributed by atoms with Gasteiger partial charge in [-0.2, -0.15) is 0 Å². The van der Waals surface area contributed by atoms with Gasteiger partial charge in [-0.1, -0.05) is 15.9 Å². The van der Waals surface area contributed by atoms with Gasteiger partial charge in [0.2, 0.25) is 8.38 Å². The highest BCUT2D eigenvalue weighted by Gasteiger charge is 2.13. The molecule has 0 N–H and O–H groups in total. The van der Waals surface area contributed by atoms with Crippen LogP contribution in [-0.2, 0) is 9.05 Å². The minimum absolute atomic E-state index is 0.678. The summed E-state index contributed by atoms with van der Waals surface area (Å²) in [6.07, 6.45) is 0. The van der Waals surface area contributed by atoms with E-state index in [-0.39, 0.29) is 0 Å². The van der Waals surface area contributed by atoms with Gasteiger partial charge in [0.25, 0.3) is 0 Å². The minimum Gasteiger partial charge on any atom is -0.331 e. The molecule has 4 heteroatoms. The average Bonchev–Trinajstić information content (AvgIpc) is 2.16. The molecule has 0 saturated heterocycles. The molecule has 0 atom stereocenters. The molecule has 0 amide bonds. The molecule has 0 fully saturated rings. The molecule has 84 valence electrons. The number of benzene rings is 1. The van der Waals surface area contributed by atoms with Crippen molar-refractivity contribution in [3.63, 3.8) is 0 Å². The summed E-state index contributed by atoms with van der Waals surface area (Å²) in [7, 11) is -0.918. The van der Waals surface area contributed by atoms with Crippen molar-refractivity contribution in [3.8, 4) is 0 Å². The fourth-order valence-electron chi connectivity index (χ4n) is 1.24. The highest BCUT2D eigenvalue weighted by atomic mass is 79.9. The molecule has 0 saturated carbocycles. The van der Waals surface area contributed by atoms with E-state index in [2.05, 4.69) is 41.1 Å². The smallest absolute Gasteiger partial charge is 0.205 e. The van der Waals surface area contributed by atoms with Gasteiger partial charge in [0.15, 0.2) is 0 Å². The second kappa shape index (κ2) is 6.59. The average molecular weight is 291 g/mol. The number of halogens is 1. The van der Waals surface area contributed by atoms with Crippen molar-refractivity contribution >= 4 is 29.6 Å². The summed E-state index contributed by atoms with van der Waals surface area (Å²) in [5.41, 5.74) is 1.21. The zero-order valence-electron chi connectivity index (χ0n) is 9.29. The van der Waals surface area contributed by atoms with Gasteiger partial charge in [0, 0.05) is 9.78 Å². The van der Waals surface area contributed by atoms with Crippen molar-refractivity contribution in [1.29, 1.82) is 0 Å². The molecule has 0 aliphatic carbocycles. The maximum absolute atomic E-state index is 5.60. The Kier molecular flexibility index (Phi) is 5.77. The zero-order chi connectivity index (χ0) is 11.3. The molecule has 0 bridgehead atoms. The second-order valence-corrected chi connectivity index (χ2v) is 5.54. The largest absolute Gasteiger partial charge is 0.331 e. The Hall–Kier alpha value is 0.0500. The molecule has 1 aromatic rings. The number of hydrogen-bond donors (Lipinski definition) is 0. The Bertz CT molecular complexity index is 291. The van der Waals surface area contributed by atoms with E-state index in [9.17, 15) is 0 Å². The molecule has 1 rings (SSSR count). The Morgan fingerprint density at radius 3 is 2.20 bits per heavy atom. The molecular formula is C11H16BrO2P. The Balaban J connectivity index is 2.88. The van der Waals surface area contributed by atoms with E-state index >= 15 is 0 Å². The SMILES string of the molecule is CCOP(OCC)c1cc(C)cc(Br)c1. The van der Waals surface area contributed by atoms with Crippen LogP contribution in [0.1, 0.15) is 19.4 Å². The van der Waals surface area contributed by atoms with Crippen LogP contribution in [0.3, 0.4) is 0 Å². The summed E-state index contributed by atoms with van der Waals surface area (Å²) in [6.45, 7) is 7.40. The van der Waals surface area contributed by atoms with E-state index in [0.29, 0.717) is 13.2 Å². The van der Waals surface area contributed by atoms with E-state index in [1.165, 1.54) is 5.56 Å². The van der Waals surface area contributed by atoms with Crippen LogP contribution < -0.4 is 5.30 Å². The van der Waals surface area contributed by atoms with Gasteiger partial charge in [0.05, 0.1) is 13.2 Å². The lowest BCUT2D eigenvalue weighted by atomic mass is 10.2. The van der Waals surface area contributed by atoms with Crippen molar-refractivity contribution < 1.29 is 9.05 Å². The van der Waals surface area contributed by atoms with Crippen molar-refractivity contribution in [1.82, 2.24) is 0 Å². The third kappa shape index (κ3) is 4.20. The molecule has 0 spiro atoms. The molecule has 0 heterocycles. The van der Waals surface area contributed by atoms with Crippen LogP contribution in [0.25, 0.3) is 0 Å². The zero-order valence-corrected chi connectivity index (χ0v) is 11.8. The first-order chi connectivity index (χ1) is 7.17. The van der Waals surface area contributed by atoms with Crippen LogP contribution in [0.4, 0.5) is 0 Å². The molecule has 0 radical (unpaired) electrons. The predicted octanol–water partition coefficient (Wildman–Crippen LogP) is 3.77. The van der Waals surface area contributed by atoms with Crippen LogP contribution >= 0.6 is 24.3 Å².